The van der Waals surface area contributed by atoms with Gasteiger partial charge in [-0.05, 0) is 24.6 Å². The molecule has 2 N–H and O–H groups in total. The number of carboxylic acids is 1. The summed E-state index contributed by atoms with van der Waals surface area (Å²) in [6, 6.07) is 4.21. The molecule has 1 aromatic rings. The fourth-order valence-electron chi connectivity index (χ4n) is 2.38. The Balaban J connectivity index is 2.42. The van der Waals surface area contributed by atoms with E-state index in [1.54, 1.807) is 0 Å². The summed E-state index contributed by atoms with van der Waals surface area (Å²) in [4.78, 5) is 11.0. The number of carboxylic acid groups (broad SMARTS) is 1. The lowest BCUT2D eigenvalue weighted by molar-refractivity contribution is -0.141. The van der Waals surface area contributed by atoms with Crippen molar-refractivity contribution in [1.82, 2.24) is 5.32 Å². The van der Waals surface area contributed by atoms with E-state index in [4.69, 9.17) is 5.11 Å². The highest BCUT2D eigenvalue weighted by atomic mass is 19.4. The summed E-state index contributed by atoms with van der Waals surface area (Å²) >= 11 is 0. The van der Waals surface area contributed by atoms with Crippen LogP contribution in [0.25, 0.3) is 0 Å². The molecule has 0 bridgehead atoms. The Morgan fingerprint density at radius 3 is 2.61 bits per heavy atom. The van der Waals surface area contributed by atoms with E-state index in [9.17, 15) is 18.0 Å². The van der Waals surface area contributed by atoms with Gasteiger partial charge in [0.25, 0.3) is 0 Å². The molecule has 1 aliphatic heterocycles. The Bertz CT molecular complexity index is 459. The van der Waals surface area contributed by atoms with Gasteiger partial charge in [0.2, 0.25) is 0 Å². The van der Waals surface area contributed by atoms with E-state index in [0.717, 1.165) is 6.07 Å². The van der Waals surface area contributed by atoms with Crippen molar-refractivity contribution < 1.29 is 23.1 Å². The highest BCUT2D eigenvalue weighted by Crippen LogP contribution is 2.38. The molecule has 18 heavy (non-hydrogen) atoms. The van der Waals surface area contributed by atoms with Crippen LogP contribution in [0.3, 0.4) is 0 Å². The highest BCUT2D eigenvalue weighted by Gasteiger charge is 2.40. The van der Waals surface area contributed by atoms with Crippen molar-refractivity contribution in [2.75, 3.05) is 6.54 Å². The summed E-state index contributed by atoms with van der Waals surface area (Å²) in [5.41, 5.74) is -0.688. The van der Waals surface area contributed by atoms with Crippen LogP contribution in [0.15, 0.2) is 24.3 Å². The lowest BCUT2D eigenvalue weighted by Crippen LogP contribution is -2.35. The van der Waals surface area contributed by atoms with Gasteiger partial charge >= 0.3 is 12.1 Å². The molecule has 0 aromatic heterocycles. The van der Waals surface area contributed by atoms with E-state index in [1.165, 1.54) is 18.2 Å². The monoisotopic (exact) mass is 259 g/mol. The van der Waals surface area contributed by atoms with Gasteiger partial charge in [0, 0.05) is 5.92 Å². The van der Waals surface area contributed by atoms with Crippen molar-refractivity contribution in [3.63, 3.8) is 0 Å². The molecule has 0 saturated carbocycles. The van der Waals surface area contributed by atoms with Gasteiger partial charge in [-0.25, -0.2) is 0 Å². The molecule has 1 aromatic carbocycles. The predicted molar refractivity (Wildman–Crippen MR) is 58.2 cm³/mol. The second kappa shape index (κ2) is 4.61. The summed E-state index contributed by atoms with van der Waals surface area (Å²) in [5, 5.41) is 11.7. The van der Waals surface area contributed by atoms with Crippen LogP contribution in [-0.4, -0.2) is 23.7 Å². The molecule has 1 saturated heterocycles. The average Bonchev–Trinajstić information content (AvgIpc) is 2.76. The Hall–Kier alpha value is -1.56. The van der Waals surface area contributed by atoms with Crippen LogP contribution < -0.4 is 5.32 Å². The van der Waals surface area contributed by atoms with Crippen LogP contribution in [0.4, 0.5) is 13.2 Å². The van der Waals surface area contributed by atoms with Gasteiger partial charge < -0.3 is 10.4 Å². The Labute approximate surface area is 102 Å². The fourth-order valence-corrected chi connectivity index (χ4v) is 2.38. The van der Waals surface area contributed by atoms with Crippen LogP contribution in [0.2, 0.25) is 0 Å². The maximum absolute atomic E-state index is 12.9. The second-order valence-electron chi connectivity index (χ2n) is 4.25. The lowest BCUT2D eigenvalue weighted by atomic mass is 9.88. The SMILES string of the molecule is O=C(O)[C@H]1NCC[C@@H]1c1ccccc1C(F)(F)F. The van der Waals surface area contributed by atoms with Crippen LogP contribution in [0.1, 0.15) is 23.5 Å². The van der Waals surface area contributed by atoms with Crippen molar-refractivity contribution in [2.24, 2.45) is 0 Å². The largest absolute Gasteiger partial charge is 0.480 e. The maximum Gasteiger partial charge on any atom is 0.416 e. The second-order valence-corrected chi connectivity index (χ2v) is 4.25. The topological polar surface area (TPSA) is 49.3 Å². The van der Waals surface area contributed by atoms with Gasteiger partial charge in [0.05, 0.1) is 5.56 Å². The summed E-state index contributed by atoms with van der Waals surface area (Å²) < 4.78 is 38.6. The summed E-state index contributed by atoms with van der Waals surface area (Å²) in [5.74, 6) is -1.75. The van der Waals surface area contributed by atoms with Gasteiger partial charge in [-0.15, -0.1) is 0 Å². The molecule has 2 rings (SSSR count). The molecule has 0 aliphatic carbocycles. The molecule has 0 unspecified atom stereocenters. The van der Waals surface area contributed by atoms with Gasteiger partial charge in [0.1, 0.15) is 6.04 Å². The normalized spacial score (nSPS) is 24.2. The van der Waals surface area contributed by atoms with E-state index < -0.39 is 29.7 Å². The number of alkyl halides is 3. The molecule has 98 valence electrons. The van der Waals surface area contributed by atoms with Crippen LogP contribution in [0, 0.1) is 0 Å². The van der Waals surface area contributed by atoms with Crippen molar-refractivity contribution in [2.45, 2.75) is 24.6 Å². The van der Waals surface area contributed by atoms with E-state index in [-0.39, 0.29) is 5.56 Å². The third-order valence-corrected chi connectivity index (χ3v) is 3.15. The molecule has 0 radical (unpaired) electrons. The standard InChI is InChI=1S/C12H12F3NO2/c13-12(14,15)9-4-2-1-3-7(9)8-5-6-16-10(8)11(17)18/h1-4,8,10,16H,5-6H2,(H,17,18)/t8-,10+/m1/s1. The zero-order chi connectivity index (χ0) is 13.3. The summed E-state index contributed by atoms with van der Waals surface area (Å²) in [6.45, 7) is 0.411. The first-order chi connectivity index (χ1) is 8.41. The molecule has 1 aliphatic rings. The fraction of sp³-hybridized carbons (Fsp3) is 0.417. The van der Waals surface area contributed by atoms with Crippen molar-refractivity contribution in [1.29, 1.82) is 0 Å². The van der Waals surface area contributed by atoms with Crippen LogP contribution in [0.5, 0.6) is 0 Å². The molecule has 1 fully saturated rings. The predicted octanol–water partition coefficient (Wildman–Crippen LogP) is 2.24. The van der Waals surface area contributed by atoms with Gasteiger partial charge in [-0.3, -0.25) is 4.79 Å². The van der Waals surface area contributed by atoms with E-state index in [0.29, 0.717) is 13.0 Å². The minimum absolute atomic E-state index is 0.0578. The number of carbonyl (C=O) groups is 1. The Morgan fingerprint density at radius 1 is 1.33 bits per heavy atom. The number of nitrogens with one attached hydrogen (secondary N) is 1. The number of halogens is 3. The zero-order valence-electron chi connectivity index (χ0n) is 9.37. The molecule has 3 nitrogen and oxygen atoms in total. The quantitative estimate of drug-likeness (QED) is 0.856. The van der Waals surface area contributed by atoms with Crippen LogP contribution in [-0.2, 0) is 11.0 Å². The zero-order valence-corrected chi connectivity index (χ0v) is 9.37. The third-order valence-electron chi connectivity index (χ3n) is 3.15. The Kier molecular flexibility index (Phi) is 3.30. The lowest BCUT2D eigenvalue weighted by Gasteiger charge is -2.20. The van der Waals surface area contributed by atoms with E-state index in [1.807, 2.05) is 0 Å². The van der Waals surface area contributed by atoms with E-state index in [2.05, 4.69) is 5.32 Å². The number of aliphatic carboxylic acids is 1. The molecule has 0 spiro atoms. The maximum atomic E-state index is 12.9. The molecule has 2 atom stereocenters. The summed E-state index contributed by atoms with van der Waals surface area (Å²) in [7, 11) is 0. The van der Waals surface area contributed by atoms with Crippen LogP contribution >= 0.6 is 0 Å². The minimum atomic E-state index is -4.46. The van der Waals surface area contributed by atoms with Crippen molar-refractivity contribution >= 4 is 5.97 Å². The molecular weight excluding hydrogens is 247 g/mol. The number of benzene rings is 1. The minimum Gasteiger partial charge on any atom is -0.480 e. The first-order valence-electron chi connectivity index (χ1n) is 5.53. The smallest absolute Gasteiger partial charge is 0.416 e. The van der Waals surface area contributed by atoms with Gasteiger partial charge in [0.15, 0.2) is 0 Å². The van der Waals surface area contributed by atoms with Crippen molar-refractivity contribution in [3.05, 3.63) is 35.4 Å². The van der Waals surface area contributed by atoms with Gasteiger partial charge in [-0.1, -0.05) is 18.2 Å². The number of rotatable bonds is 2. The van der Waals surface area contributed by atoms with E-state index >= 15 is 0 Å². The average molecular weight is 259 g/mol. The number of hydrogen-bond acceptors (Lipinski definition) is 2. The third kappa shape index (κ3) is 2.33. The molecule has 6 heteroatoms. The molecular formula is C12H12F3NO2. The number of hydrogen-bond donors (Lipinski definition) is 2. The van der Waals surface area contributed by atoms with Crippen molar-refractivity contribution in [3.8, 4) is 0 Å². The van der Waals surface area contributed by atoms with Gasteiger partial charge in [-0.2, -0.15) is 13.2 Å². The molecule has 1 heterocycles. The first-order valence-corrected chi connectivity index (χ1v) is 5.53. The summed E-state index contributed by atoms with van der Waals surface area (Å²) in [6.07, 6.45) is -4.06. The highest BCUT2D eigenvalue weighted by molar-refractivity contribution is 5.75. The first kappa shape index (κ1) is 12.9. The molecule has 0 amide bonds. The Morgan fingerprint density at radius 2 is 2.00 bits per heavy atom.